The molecule has 1 amide bonds. The number of aromatic nitrogens is 2. The Morgan fingerprint density at radius 2 is 2.37 bits per heavy atom. The van der Waals surface area contributed by atoms with E-state index in [9.17, 15) is 4.79 Å². The summed E-state index contributed by atoms with van der Waals surface area (Å²) in [4.78, 5) is 14.1. The van der Waals surface area contributed by atoms with Crippen LogP contribution >= 0.6 is 11.7 Å². The molecule has 0 fully saturated rings. The average molecular weight is 275 g/mol. The fraction of sp³-hybridized carbons (Fsp3) is 0.308. The topological polar surface area (TPSA) is 55.3 Å². The Labute approximate surface area is 115 Å². The van der Waals surface area contributed by atoms with Crippen molar-refractivity contribution in [2.75, 3.05) is 11.4 Å². The molecule has 5 nitrogen and oxygen atoms in total. The first-order chi connectivity index (χ1) is 9.15. The molecule has 0 spiro atoms. The van der Waals surface area contributed by atoms with Crippen LogP contribution in [0.1, 0.15) is 23.0 Å². The van der Waals surface area contributed by atoms with Gasteiger partial charge in [-0.1, -0.05) is 6.07 Å². The van der Waals surface area contributed by atoms with Gasteiger partial charge in [0.2, 0.25) is 0 Å². The molecule has 1 aliphatic heterocycles. The third kappa shape index (κ3) is 2.19. The fourth-order valence-electron chi connectivity index (χ4n) is 2.14. The highest BCUT2D eigenvalue weighted by Gasteiger charge is 2.29. The lowest BCUT2D eigenvalue weighted by molar-refractivity contribution is 0.0957. The van der Waals surface area contributed by atoms with Crippen molar-refractivity contribution in [3.05, 3.63) is 35.7 Å². The summed E-state index contributed by atoms with van der Waals surface area (Å²) in [6.45, 7) is 4.47. The number of aryl methyl sites for hydroxylation is 1. The second-order valence-corrected chi connectivity index (χ2v) is 5.16. The van der Waals surface area contributed by atoms with Crippen LogP contribution in [0, 0.1) is 6.92 Å². The van der Waals surface area contributed by atoms with Crippen LogP contribution in [-0.4, -0.2) is 27.3 Å². The van der Waals surface area contributed by atoms with Gasteiger partial charge in [-0.2, -0.15) is 8.75 Å². The van der Waals surface area contributed by atoms with Crippen LogP contribution in [0.15, 0.2) is 24.4 Å². The molecule has 1 aromatic carbocycles. The van der Waals surface area contributed by atoms with Gasteiger partial charge in [0.25, 0.3) is 5.91 Å². The molecule has 0 radical (unpaired) electrons. The Morgan fingerprint density at radius 1 is 1.53 bits per heavy atom. The summed E-state index contributed by atoms with van der Waals surface area (Å²) in [5.74, 6) is 0.615. The number of nitrogens with zero attached hydrogens (tertiary/aromatic N) is 3. The maximum Gasteiger partial charge on any atom is 0.279 e. The number of carbonyl (C=O) groups is 1. The van der Waals surface area contributed by atoms with Crippen LogP contribution in [0.2, 0.25) is 0 Å². The molecule has 0 saturated heterocycles. The molecular weight excluding hydrogens is 262 g/mol. The Kier molecular flexibility index (Phi) is 2.94. The molecule has 6 heteroatoms. The first-order valence-corrected chi connectivity index (χ1v) is 6.75. The van der Waals surface area contributed by atoms with E-state index in [2.05, 4.69) is 8.75 Å². The molecule has 0 bridgehead atoms. The van der Waals surface area contributed by atoms with Crippen molar-refractivity contribution in [1.82, 2.24) is 8.75 Å². The summed E-state index contributed by atoms with van der Waals surface area (Å²) >= 11 is 1.04. The molecule has 1 aromatic heterocycles. The molecule has 2 aromatic rings. The van der Waals surface area contributed by atoms with Gasteiger partial charge in [-0.15, -0.1) is 0 Å². The zero-order chi connectivity index (χ0) is 13.4. The molecule has 19 heavy (non-hydrogen) atoms. The molecule has 98 valence electrons. The minimum atomic E-state index is -0.131. The van der Waals surface area contributed by atoms with Crippen LogP contribution < -0.4 is 9.64 Å². The van der Waals surface area contributed by atoms with Crippen LogP contribution in [0.4, 0.5) is 5.69 Å². The van der Waals surface area contributed by atoms with E-state index in [4.69, 9.17) is 4.74 Å². The molecule has 0 aliphatic carbocycles. The van der Waals surface area contributed by atoms with Crippen molar-refractivity contribution in [1.29, 1.82) is 0 Å². The number of anilines is 1. The SMILES string of the molecule is Cc1ccc2c(c1)O[C@H](C)CN2C(=O)c1cnsn1. The van der Waals surface area contributed by atoms with Gasteiger partial charge in [-0.3, -0.25) is 9.69 Å². The number of rotatable bonds is 1. The number of fused-ring (bicyclic) bond motifs is 1. The van der Waals surface area contributed by atoms with Crippen molar-refractivity contribution in [3.63, 3.8) is 0 Å². The lowest BCUT2D eigenvalue weighted by Gasteiger charge is -2.33. The quantitative estimate of drug-likeness (QED) is 0.801. The summed E-state index contributed by atoms with van der Waals surface area (Å²) in [7, 11) is 0. The Balaban J connectivity index is 2.01. The smallest absolute Gasteiger partial charge is 0.279 e. The second kappa shape index (κ2) is 4.62. The monoisotopic (exact) mass is 275 g/mol. The zero-order valence-electron chi connectivity index (χ0n) is 10.7. The van der Waals surface area contributed by atoms with Crippen LogP contribution in [0.5, 0.6) is 5.75 Å². The average Bonchev–Trinajstić information content (AvgIpc) is 2.90. The van der Waals surface area contributed by atoms with E-state index in [0.29, 0.717) is 12.2 Å². The molecule has 0 unspecified atom stereocenters. The molecule has 0 saturated carbocycles. The van der Waals surface area contributed by atoms with E-state index < -0.39 is 0 Å². The second-order valence-electron chi connectivity index (χ2n) is 4.61. The standard InChI is InChI=1S/C13H13N3O2S/c1-8-3-4-11-12(5-8)18-9(2)7-16(11)13(17)10-6-14-19-15-10/h3-6,9H,7H2,1-2H3/t9-/m1/s1. The molecule has 1 atom stereocenters. The van der Waals surface area contributed by atoms with E-state index in [-0.39, 0.29) is 12.0 Å². The van der Waals surface area contributed by atoms with Gasteiger partial charge in [-0.05, 0) is 31.5 Å². The van der Waals surface area contributed by atoms with E-state index in [0.717, 1.165) is 28.7 Å². The third-order valence-corrected chi connectivity index (χ3v) is 3.48. The molecule has 3 rings (SSSR count). The number of ether oxygens (including phenoxy) is 1. The van der Waals surface area contributed by atoms with E-state index in [1.807, 2.05) is 32.0 Å². The molecule has 2 heterocycles. The van der Waals surface area contributed by atoms with Crippen molar-refractivity contribution in [3.8, 4) is 5.75 Å². The summed E-state index contributed by atoms with van der Waals surface area (Å²) < 4.78 is 13.7. The lowest BCUT2D eigenvalue weighted by atomic mass is 10.1. The van der Waals surface area contributed by atoms with Crippen molar-refractivity contribution in [2.24, 2.45) is 0 Å². The van der Waals surface area contributed by atoms with E-state index in [1.54, 1.807) is 4.90 Å². The summed E-state index contributed by atoms with van der Waals surface area (Å²) in [6.07, 6.45) is 1.46. The van der Waals surface area contributed by atoms with Crippen LogP contribution in [0.3, 0.4) is 0 Å². The summed E-state index contributed by atoms with van der Waals surface area (Å²) in [6, 6.07) is 5.83. The van der Waals surface area contributed by atoms with Gasteiger partial charge >= 0.3 is 0 Å². The van der Waals surface area contributed by atoms with Crippen LogP contribution in [-0.2, 0) is 0 Å². The van der Waals surface area contributed by atoms with E-state index >= 15 is 0 Å². The van der Waals surface area contributed by atoms with Crippen molar-refractivity contribution in [2.45, 2.75) is 20.0 Å². The third-order valence-electron chi connectivity index (χ3n) is 3.00. The number of hydrogen-bond acceptors (Lipinski definition) is 5. The Hall–Kier alpha value is -1.95. The Morgan fingerprint density at radius 3 is 3.11 bits per heavy atom. The first kappa shape index (κ1) is 12.1. The summed E-state index contributed by atoms with van der Waals surface area (Å²) in [5, 5.41) is 0. The summed E-state index contributed by atoms with van der Waals surface area (Å²) in [5.41, 5.74) is 2.28. The molecule has 0 N–H and O–H groups in total. The highest BCUT2D eigenvalue weighted by Crippen LogP contribution is 2.34. The van der Waals surface area contributed by atoms with Gasteiger partial charge in [0.05, 0.1) is 30.2 Å². The maximum absolute atomic E-state index is 12.4. The molecule has 1 aliphatic rings. The maximum atomic E-state index is 12.4. The lowest BCUT2D eigenvalue weighted by Crippen LogP contribution is -2.42. The highest BCUT2D eigenvalue weighted by molar-refractivity contribution is 6.99. The van der Waals surface area contributed by atoms with Gasteiger partial charge in [-0.25, -0.2) is 0 Å². The molecular formula is C13H13N3O2S. The first-order valence-electron chi connectivity index (χ1n) is 6.02. The number of carbonyl (C=O) groups excluding carboxylic acids is 1. The van der Waals surface area contributed by atoms with Gasteiger partial charge in [0, 0.05) is 0 Å². The predicted octanol–water partition coefficient (Wildman–Crippen LogP) is 2.27. The zero-order valence-corrected chi connectivity index (χ0v) is 11.5. The normalized spacial score (nSPS) is 17.8. The van der Waals surface area contributed by atoms with Crippen molar-refractivity contribution < 1.29 is 9.53 Å². The largest absolute Gasteiger partial charge is 0.487 e. The van der Waals surface area contributed by atoms with Crippen LogP contribution in [0.25, 0.3) is 0 Å². The van der Waals surface area contributed by atoms with E-state index in [1.165, 1.54) is 6.20 Å². The fourth-order valence-corrected chi connectivity index (χ4v) is 2.54. The van der Waals surface area contributed by atoms with Gasteiger partial charge in [0.1, 0.15) is 11.9 Å². The minimum absolute atomic E-state index is 0.0372. The minimum Gasteiger partial charge on any atom is -0.487 e. The number of hydrogen-bond donors (Lipinski definition) is 0. The highest BCUT2D eigenvalue weighted by atomic mass is 32.1. The number of amides is 1. The van der Waals surface area contributed by atoms with Gasteiger partial charge < -0.3 is 4.74 Å². The number of benzene rings is 1. The van der Waals surface area contributed by atoms with Gasteiger partial charge in [0.15, 0.2) is 5.69 Å². The predicted molar refractivity (Wildman–Crippen MR) is 72.9 cm³/mol. The van der Waals surface area contributed by atoms with Crippen molar-refractivity contribution >= 4 is 23.3 Å². The Bertz CT molecular complexity index is 612.